The van der Waals surface area contributed by atoms with Crippen LogP contribution in [0.4, 0.5) is 5.69 Å². The molecule has 7 heteroatoms. The van der Waals surface area contributed by atoms with E-state index in [2.05, 4.69) is 5.32 Å². The van der Waals surface area contributed by atoms with E-state index in [0.29, 0.717) is 12.1 Å². The molecule has 0 radical (unpaired) electrons. The van der Waals surface area contributed by atoms with E-state index in [1.165, 1.54) is 12.1 Å². The second kappa shape index (κ2) is 5.94. The highest BCUT2D eigenvalue weighted by Crippen LogP contribution is 2.14. The number of hydrogen-bond acceptors (Lipinski definition) is 4. The Hall–Kier alpha value is -2.38. The molecule has 0 bridgehead atoms. The average Bonchev–Trinajstić information content (AvgIpc) is 2.45. The van der Waals surface area contributed by atoms with Crippen LogP contribution in [0.1, 0.15) is 15.9 Å². The van der Waals surface area contributed by atoms with Crippen molar-refractivity contribution in [1.29, 1.82) is 0 Å². The Balaban J connectivity index is 2.01. The fraction of sp³-hybridized carbons (Fsp3) is 0.0714. The third kappa shape index (κ3) is 4.04. The molecule has 2 aromatic rings. The topological polar surface area (TPSA) is 115 Å². The van der Waals surface area contributed by atoms with Crippen molar-refractivity contribution in [2.75, 3.05) is 5.32 Å². The van der Waals surface area contributed by atoms with Gasteiger partial charge in [-0.3, -0.25) is 4.79 Å². The molecule has 0 unspecified atom stereocenters. The molecule has 21 heavy (non-hydrogen) atoms. The van der Waals surface area contributed by atoms with Gasteiger partial charge in [0.25, 0.3) is 0 Å². The highest BCUT2D eigenvalue weighted by atomic mass is 32.2. The molecule has 0 aliphatic rings. The predicted octanol–water partition coefficient (Wildman–Crippen LogP) is 1.05. The van der Waals surface area contributed by atoms with Crippen molar-refractivity contribution in [3.8, 4) is 0 Å². The average molecular weight is 305 g/mol. The summed E-state index contributed by atoms with van der Waals surface area (Å²) in [5, 5.41) is 8.16. The molecule has 1 amide bonds. The summed E-state index contributed by atoms with van der Waals surface area (Å²) in [5.41, 5.74) is 7.35. The van der Waals surface area contributed by atoms with E-state index in [0.717, 1.165) is 11.3 Å². The maximum absolute atomic E-state index is 11.1. The number of anilines is 1. The standard InChI is InChI=1S/C14H15N3O3S/c15-14(18)11-3-1-10(2-4-11)9-17-12-5-7-13(8-6-12)21(16,19)20/h1-8,17H,9H2,(H2,15,18)(H2,16,19,20). The first kappa shape index (κ1) is 15.0. The van der Waals surface area contributed by atoms with Crippen LogP contribution in [0.2, 0.25) is 0 Å². The van der Waals surface area contributed by atoms with Gasteiger partial charge >= 0.3 is 0 Å². The van der Waals surface area contributed by atoms with Gasteiger partial charge in [0.15, 0.2) is 0 Å². The first-order valence-electron chi connectivity index (χ1n) is 6.12. The van der Waals surface area contributed by atoms with Crippen LogP contribution in [0.15, 0.2) is 53.4 Å². The highest BCUT2D eigenvalue weighted by Gasteiger charge is 2.06. The van der Waals surface area contributed by atoms with Crippen molar-refractivity contribution in [2.45, 2.75) is 11.4 Å². The Morgan fingerprint density at radius 3 is 2.05 bits per heavy atom. The highest BCUT2D eigenvalue weighted by molar-refractivity contribution is 7.89. The Morgan fingerprint density at radius 1 is 1.00 bits per heavy atom. The molecule has 0 atom stereocenters. The van der Waals surface area contributed by atoms with Crippen LogP contribution in [-0.2, 0) is 16.6 Å². The van der Waals surface area contributed by atoms with E-state index in [1.54, 1.807) is 36.4 Å². The largest absolute Gasteiger partial charge is 0.381 e. The van der Waals surface area contributed by atoms with Gasteiger partial charge in [-0.25, -0.2) is 13.6 Å². The van der Waals surface area contributed by atoms with Crippen molar-refractivity contribution in [3.05, 3.63) is 59.7 Å². The molecule has 2 aromatic carbocycles. The maximum atomic E-state index is 11.1. The summed E-state index contributed by atoms with van der Waals surface area (Å²) in [6, 6.07) is 13.1. The van der Waals surface area contributed by atoms with Crippen LogP contribution in [0.3, 0.4) is 0 Å². The van der Waals surface area contributed by atoms with Crippen molar-refractivity contribution in [1.82, 2.24) is 0 Å². The maximum Gasteiger partial charge on any atom is 0.248 e. The fourth-order valence-corrected chi connectivity index (χ4v) is 2.27. The summed E-state index contributed by atoms with van der Waals surface area (Å²) in [5.74, 6) is -0.465. The van der Waals surface area contributed by atoms with Crippen LogP contribution in [0.5, 0.6) is 0 Å². The number of amides is 1. The van der Waals surface area contributed by atoms with Gasteiger partial charge in [0.1, 0.15) is 0 Å². The zero-order valence-corrected chi connectivity index (χ0v) is 11.9. The number of sulfonamides is 1. The zero-order chi connectivity index (χ0) is 15.5. The molecule has 0 saturated carbocycles. The lowest BCUT2D eigenvalue weighted by Gasteiger charge is -2.07. The molecular weight excluding hydrogens is 290 g/mol. The lowest BCUT2D eigenvalue weighted by molar-refractivity contribution is 0.100. The minimum atomic E-state index is -3.67. The second-order valence-electron chi connectivity index (χ2n) is 4.48. The number of rotatable bonds is 5. The Kier molecular flexibility index (Phi) is 4.25. The van der Waals surface area contributed by atoms with Gasteiger partial charge in [-0.05, 0) is 42.0 Å². The van der Waals surface area contributed by atoms with E-state index in [-0.39, 0.29) is 4.90 Å². The van der Waals surface area contributed by atoms with E-state index < -0.39 is 15.9 Å². The van der Waals surface area contributed by atoms with E-state index in [9.17, 15) is 13.2 Å². The molecule has 110 valence electrons. The summed E-state index contributed by atoms with van der Waals surface area (Å²) >= 11 is 0. The number of nitrogens with two attached hydrogens (primary N) is 2. The monoisotopic (exact) mass is 305 g/mol. The van der Waals surface area contributed by atoms with Crippen LogP contribution < -0.4 is 16.2 Å². The molecule has 0 spiro atoms. The number of carbonyl (C=O) groups is 1. The normalized spacial score (nSPS) is 11.1. The minimum Gasteiger partial charge on any atom is -0.381 e. The first-order valence-corrected chi connectivity index (χ1v) is 7.66. The first-order chi connectivity index (χ1) is 9.86. The van der Waals surface area contributed by atoms with Crippen LogP contribution in [-0.4, -0.2) is 14.3 Å². The summed E-state index contributed by atoms with van der Waals surface area (Å²) in [7, 11) is -3.67. The summed E-state index contributed by atoms with van der Waals surface area (Å²) in [6.45, 7) is 0.535. The van der Waals surface area contributed by atoms with Crippen LogP contribution >= 0.6 is 0 Å². The third-order valence-corrected chi connectivity index (χ3v) is 3.85. The summed E-state index contributed by atoms with van der Waals surface area (Å²) in [6.07, 6.45) is 0. The molecule has 5 N–H and O–H groups in total. The molecule has 2 rings (SSSR count). The van der Waals surface area contributed by atoms with Gasteiger partial charge in [-0.15, -0.1) is 0 Å². The summed E-state index contributed by atoms with van der Waals surface area (Å²) in [4.78, 5) is 11.0. The number of primary sulfonamides is 1. The van der Waals surface area contributed by atoms with Crippen molar-refractivity contribution >= 4 is 21.6 Å². The van der Waals surface area contributed by atoms with Gasteiger partial charge < -0.3 is 11.1 Å². The third-order valence-electron chi connectivity index (χ3n) is 2.92. The lowest BCUT2D eigenvalue weighted by atomic mass is 10.1. The van der Waals surface area contributed by atoms with Gasteiger partial charge in [0.2, 0.25) is 15.9 Å². The van der Waals surface area contributed by atoms with E-state index in [4.69, 9.17) is 10.9 Å². The fourth-order valence-electron chi connectivity index (χ4n) is 1.75. The van der Waals surface area contributed by atoms with Crippen molar-refractivity contribution < 1.29 is 13.2 Å². The molecule has 6 nitrogen and oxygen atoms in total. The number of primary amides is 1. The van der Waals surface area contributed by atoms with Crippen LogP contribution in [0.25, 0.3) is 0 Å². The Morgan fingerprint density at radius 2 is 1.57 bits per heavy atom. The van der Waals surface area contributed by atoms with Crippen molar-refractivity contribution in [3.63, 3.8) is 0 Å². The molecule has 0 fully saturated rings. The molecule has 0 saturated heterocycles. The molecule has 0 aromatic heterocycles. The Labute approximate surface area is 122 Å². The van der Waals surface area contributed by atoms with E-state index >= 15 is 0 Å². The van der Waals surface area contributed by atoms with Crippen LogP contribution in [0, 0.1) is 0 Å². The Bertz CT molecular complexity index is 738. The van der Waals surface area contributed by atoms with E-state index in [1.807, 2.05) is 0 Å². The smallest absolute Gasteiger partial charge is 0.248 e. The molecule has 0 aliphatic carbocycles. The quantitative estimate of drug-likeness (QED) is 0.765. The van der Waals surface area contributed by atoms with Gasteiger partial charge in [-0.2, -0.15) is 0 Å². The van der Waals surface area contributed by atoms with Gasteiger partial charge in [-0.1, -0.05) is 12.1 Å². The summed E-state index contributed by atoms with van der Waals surface area (Å²) < 4.78 is 22.3. The molecule has 0 heterocycles. The number of nitrogens with one attached hydrogen (secondary N) is 1. The lowest BCUT2D eigenvalue weighted by Crippen LogP contribution is -2.12. The zero-order valence-electron chi connectivity index (χ0n) is 11.1. The molecule has 0 aliphatic heterocycles. The van der Waals surface area contributed by atoms with Gasteiger partial charge in [0, 0.05) is 17.8 Å². The number of carbonyl (C=O) groups excluding carboxylic acids is 1. The van der Waals surface area contributed by atoms with Gasteiger partial charge in [0.05, 0.1) is 4.90 Å². The number of benzene rings is 2. The minimum absolute atomic E-state index is 0.0684. The van der Waals surface area contributed by atoms with Crippen molar-refractivity contribution in [2.24, 2.45) is 10.9 Å². The SMILES string of the molecule is NC(=O)c1ccc(CNc2ccc(S(N)(=O)=O)cc2)cc1. The number of hydrogen-bond donors (Lipinski definition) is 3. The molecular formula is C14H15N3O3S. The second-order valence-corrected chi connectivity index (χ2v) is 6.05. The predicted molar refractivity (Wildman–Crippen MR) is 80.1 cm³/mol.